The molecule has 0 N–H and O–H groups in total. The van der Waals surface area contributed by atoms with Crippen molar-refractivity contribution in [2.75, 3.05) is 32.1 Å². The maximum Gasteiger partial charge on any atom is 0.223 e. The van der Waals surface area contributed by atoms with Gasteiger partial charge in [0.2, 0.25) is 5.91 Å². The summed E-state index contributed by atoms with van der Waals surface area (Å²) in [5, 5.41) is 0. The smallest absolute Gasteiger partial charge is 0.223 e. The molecule has 3 rings (SSSR count). The molecule has 31 heavy (non-hydrogen) atoms. The average Bonchev–Trinajstić information content (AvgIpc) is 2.76. The van der Waals surface area contributed by atoms with E-state index in [-0.39, 0.29) is 53.2 Å². The second-order valence-corrected chi connectivity index (χ2v) is 9.33. The molecule has 0 bridgehead atoms. The Labute approximate surface area is 180 Å². The molecular weight excluding hydrogens is 425 g/mol. The number of carbonyl (C=O) groups is 2. The number of hydrogen-bond acceptors (Lipinski definition) is 6. The molecule has 0 spiro atoms. The molecule has 1 unspecified atom stereocenters. The monoisotopic (exact) mass is 449 g/mol. The molecule has 1 amide bonds. The molecule has 7 nitrogen and oxygen atoms in total. The number of ketones is 1. The number of sulfone groups is 1. The van der Waals surface area contributed by atoms with Crippen molar-refractivity contribution >= 4 is 21.5 Å². The number of carbonyl (C=O) groups excluding carboxylic acids is 2. The topological polar surface area (TPSA) is 90.0 Å². The molecule has 0 aromatic heterocycles. The zero-order valence-electron chi connectivity index (χ0n) is 17.1. The van der Waals surface area contributed by atoms with Crippen LogP contribution in [-0.4, -0.2) is 63.2 Å². The lowest BCUT2D eigenvalue weighted by Gasteiger charge is -2.33. The molecule has 0 radical (unpaired) electrons. The molecule has 0 aliphatic carbocycles. The van der Waals surface area contributed by atoms with Crippen molar-refractivity contribution in [3.05, 3.63) is 59.9 Å². The fraction of sp³-hybridized carbons (Fsp3) is 0.364. The van der Waals surface area contributed by atoms with Crippen LogP contribution in [0.2, 0.25) is 0 Å². The Morgan fingerprint density at radius 3 is 2.61 bits per heavy atom. The van der Waals surface area contributed by atoms with Crippen LogP contribution < -0.4 is 4.74 Å². The lowest BCUT2D eigenvalue weighted by atomic mass is 10.1. The fourth-order valence-electron chi connectivity index (χ4n) is 3.23. The van der Waals surface area contributed by atoms with Gasteiger partial charge in [-0.25, -0.2) is 12.8 Å². The van der Waals surface area contributed by atoms with Gasteiger partial charge >= 0.3 is 0 Å². The lowest BCUT2D eigenvalue weighted by Crippen LogP contribution is -2.47. The minimum absolute atomic E-state index is 0.0107. The van der Waals surface area contributed by atoms with Gasteiger partial charge in [-0.3, -0.25) is 9.59 Å². The van der Waals surface area contributed by atoms with Gasteiger partial charge in [0, 0.05) is 19.0 Å². The summed E-state index contributed by atoms with van der Waals surface area (Å²) in [5.41, 5.74) is -0.0107. The van der Waals surface area contributed by atoms with Gasteiger partial charge in [0.05, 0.1) is 29.4 Å². The van der Waals surface area contributed by atoms with Crippen LogP contribution in [0.5, 0.6) is 5.75 Å². The zero-order valence-corrected chi connectivity index (χ0v) is 17.9. The summed E-state index contributed by atoms with van der Waals surface area (Å²) >= 11 is 0. The number of halogens is 1. The fourth-order valence-corrected chi connectivity index (χ4v) is 4.48. The summed E-state index contributed by atoms with van der Waals surface area (Å²) in [4.78, 5) is 25.6. The van der Waals surface area contributed by atoms with Crippen molar-refractivity contribution in [1.82, 2.24) is 4.90 Å². The Morgan fingerprint density at radius 1 is 1.19 bits per heavy atom. The zero-order chi connectivity index (χ0) is 22.4. The molecule has 1 heterocycles. The molecule has 2 aromatic carbocycles. The van der Waals surface area contributed by atoms with Crippen LogP contribution in [0.4, 0.5) is 4.39 Å². The van der Waals surface area contributed by atoms with Crippen molar-refractivity contribution in [2.24, 2.45) is 0 Å². The molecule has 2 aromatic rings. The minimum atomic E-state index is -3.53. The van der Waals surface area contributed by atoms with Crippen LogP contribution in [0.15, 0.2) is 53.4 Å². The quantitative estimate of drug-likeness (QED) is 0.576. The summed E-state index contributed by atoms with van der Waals surface area (Å²) in [6, 6.07) is 12.0. The summed E-state index contributed by atoms with van der Waals surface area (Å²) in [6.45, 7) is 2.28. The summed E-state index contributed by atoms with van der Waals surface area (Å²) in [7, 11) is -3.53. The van der Waals surface area contributed by atoms with Gasteiger partial charge in [0.1, 0.15) is 24.3 Å². The average molecular weight is 450 g/mol. The first-order chi connectivity index (χ1) is 14.8. The van der Waals surface area contributed by atoms with Crippen molar-refractivity contribution in [3.63, 3.8) is 0 Å². The number of rotatable bonds is 8. The van der Waals surface area contributed by atoms with Gasteiger partial charge < -0.3 is 14.4 Å². The Morgan fingerprint density at radius 2 is 1.94 bits per heavy atom. The number of ether oxygens (including phenoxy) is 2. The summed E-state index contributed by atoms with van der Waals surface area (Å²) in [6.07, 6.45) is -0.554. The van der Waals surface area contributed by atoms with Crippen LogP contribution in [0.1, 0.15) is 23.7 Å². The highest BCUT2D eigenvalue weighted by molar-refractivity contribution is 7.91. The Bertz CT molecular complexity index is 1040. The van der Waals surface area contributed by atoms with Crippen LogP contribution >= 0.6 is 0 Å². The van der Waals surface area contributed by atoms with Crippen LogP contribution in [-0.2, 0) is 19.4 Å². The maximum absolute atomic E-state index is 13.9. The van der Waals surface area contributed by atoms with Gasteiger partial charge in [0.15, 0.2) is 15.6 Å². The number of hydrogen-bond donors (Lipinski definition) is 0. The third-order valence-electron chi connectivity index (χ3n) is 4.93. The van der Waals surface area contributed by atoms with E-state index in [1.165, 1.54) is 31.2 Å². The van der Waals surface area contributed by atoms with E-state index < -0.39 is 21.8 Å². The normalized spacial score (nSPS) is 16.7. The highest BCUT2D eigenvalue weighted by Crippen LogP contribution is 2.19. The first-order valence-electron chi connectivity index (χ1n) is 9.87. The third kappa shape index (κ3) is 6.11. The van der Waals surface area contributed by atoms with Crippen molar-refractivity contribution in [2.45, 2.75) is 24.3 Å². The number of nitrogens with zero attached hydrogens (tertiary/aromatic N) is 1. The van der Waals surface area contributed by atoms with E-state index in [2.05, 4.69) is 0 Å². The SMILES string of the molecule is CC(=O)c1ccc(OCC2CN(C(=O)CCS(=O)(=O)c3ccccc3)CCO2)cc1F. The number of benzene rings is 2. The van der Waals surface area contributed by atoms with Crippen molar-refractivity contribution in [3.8, 4) is 5.75 Å². The van der Waals surface area contributed by atoms with E-state index >= 15 is 0 Å². The molecule has 1 aliphatic rings. The lowest BCUT2D eigenvalue weighted by molar-refractivity contribution is -0.139. The molecule has 166 valence electrons. The number of Topliss-reactive ketones (excluding diaryl/α,β-unsaturated/α-hetero) is 1. The van der Waals surface area contributed by atoms with Gasteiger partial charge in [-0.2, -0.15) is 0 Å². The van der Waals surface area contributed by atoms with E-state index in [1.807, 2.05) is 0 Å². The van der Waals surface area contributed by atoms with Crippen LogP contribution in [0, 0.1) is 5.82 Å². The van der Waals surface area contributed by atoms with Gasteiger partial charge in [0.25, 0.3) is 0 Å². The van der Waals surface area contributed by atoms with E-state index in [1.54, 1.807) is 23.1 Å². The second-order valence-electron chi connectivity index (χ2n) is 7.22. The second kappa shape index (κ2) is 10.0. The van der Waals surface area contributed by atoms with Crippen LogP contribution in [0.25, 0.3) is 0 Å². The van der Waals surface area contributed by atoms with Gasteiger partial charge in [-0.05, 0) is 31.2 Å². The highest BCUT2D eigenvalue weighted by Gasteiger charge is 2.26. The van der Waals surface area contributed by atoms with Gasteiger partial charge in [-0.1, -0.05) is 18.2 Å². The van der Waals surface area contributed by atoms with E-state index in [4.69, 9.17) is 9.47 Å². The molecule has 9 heteroatoms. The van der Waals surface area contributed by atoms with E-state index in [9.17, 15) is 22.4 Å². The molecule has 1 aliphatic heterocycles. The maximum atomic E-state index is 13.9. The standard InChI is InChI=1S/C22H24FNO6S/c1-16(25)20-8-7-17(13-21(20)23)30-15-18-14-24(10-11-29-18)22(26)9-12-31(27,28)19-5-3-2-4-6-19/h2-8,13,18H,9-12,14-15H2,1H3. The largest absolute Gasteiger partial charge is 0.491 e. The first kappa shape index (κ1) is 22.9. The Kier molecular flexibility index (Phi) is 7.40. The highest BCUT2D eigenvalue weighted by atomic mass is 32.2. The molecule has 1 fully saturated rings. The Hall–Kier alpha value is -2.78. The summed E-state index contributed by atoms with van der Waals surface area (Å²) < 4.78 is 49.8. The number of amides is 1. The van der Waals surface area contributed by atoms with Crippen molar-refractivity contribution < 1.29 is 31.9 Å². The predicted octanol–water partition coefficient (Wildman–Crippen LogP) is 2.50. The van der Waals surface area contributed by atoms with Crippen molar-refractivity contribution in [1.29, 1.82) is 0 Å². The first-order valence-corrected chi connectivity index (χ1v) is 11.5. The molecule has 1 saturated heterocycles. The van der Waals surface area contributed by atoms with Crippen LogP contribution in [0.3, 0.4) is 0 Å². The van der Waals surface area contributed by atoms with E-state index in [0.717, 1.165) is 6.07 Å². The predicted molar refractivity (Wildman–Crippen MR) is 111 cm³/mol. The summed E-state index contributed by atoms with van der Waals surface area (Å²) in [5.74, 6) is -1.32. The Balaban J connectivity index is 1.51. The minimum Gasteiger partial charge on any atom is -0.491 e. The molecule has 1 atom stereocenters. The third-order valence-corrected chi connectivity index (χ3v) is 6.67. The molecule has 0 saturated carbocycles. The van der Waals surface area contributed by atoms with E-state index in [0.29, 0.717) is 13.2 Å². The molecular formula is C22H24FNO6S. The van der Waals surface area contributed by atoms with Gasteiger partial charge in [-0.15, -0.1) is 0 Å². The number of morpholine rings is 1.